The Labute approximate surface area is 822 Å². The number of alkyl halides is 6. The van der Waals surface area contributed by atoms with Crippen molar-refractivity contribution in [2.75, 3.05) is 24.1 Å². The zero-order valence-electron chi connectivity index (χ0n) is 78.0. The van der Waals surface area contributed by atoms with Gasteiger partial charge in [-0.05, 0) is 178 Å². The minimum atomic E-state index is -4.40. The minimum absolute atomic E-state index is 0.152. The Morgan fingerprint density at radius 1 is 0.163 bits per heavy atom. The van der Waals surface area contributed by atoms with Crippen LogP contribution in [0.4, 0.5) is 83.2 Å². The Kier molecular flexibility index (Phi) is 25.6. The van der Waals surface area contributed by atoms with E-state index in [-0.39, 0.29) is 34.2 Å². The molecule has 20 aromatic carbocycles. The number of fused-ring (bicyclic) bond motifs is 15. The Morgan fingerprint density at radius 2 is 0.383 bits per heavy atom. The maximum Gasteiger partial charge on any atom is 0.416 e. The Balaban J connectivity index is 0.000000105. The maximum absolute atomic E-state index is 13.5. The summed E-state index contributed by atoms with van der Waals surface area (Å²) in [6.45, 7) is 6.34. The van der Waals surface area contributed by atoms with Crippen molar-refractivity contribution >= 4 is 146 Å². The zero-order chi connectivity index (χ0) is 96.1. The number of nitrogens with zero attached hydrogens (tertiary/aromatic N) is 5. The van der Waals surface area contributed by atoms with Gasteiger partial charge in [-0.25, -0.2) is 0 Å². The van der Waals surface area contributed by atoms with Crippen molar-refractivity contribution in [3.8, 4) is 55.6 Å². The molecule has 5 aliphatic rings. The highest BCUT2D eigenvalue weighted by atomic mass is 19.4. The molecule has 20 aromatic rings. The number of benzene rings is 20. The lowest BCUT2D eigenvalue weighted by molar-refractivity contribution is -0.138. The van der Waals surface area contributed by atoms with Crippen LogP contribution >= 0.6 is 0 Å². The molecule has 141 heavy (non-hydrogen) atoms. The highest BCUT2D eigenvalue weighted by molar-refractivity contribution is 6.93. The molecule has 5 aliphatic heterocycles. The van der Waals surface area contributed by atoms with E-state index in [0.717, 1.165) is 67.8 Å². The van der Waals surface area contributed by atoms with Crippen LogP contribution in [0.1, 0.15) is 27.8 Å². The molecule has 0 atom stereocenters. The van der Waals surface area contributed by atoms with Gasteiger partial charge in [0, 0.05) is 84.7 Å². The van der Waals surface area contributed by atoms with Crippen molar-refractivity contribution in [3.63, 3.8) is 0 Å². The molecule has 25 rings (SSSR count). The second-order valence-electron chi connectivity index (χ2n) is 36.0. The minimum Gasteiger partial charge on any atom is -0.376 e. The van der Waals surface area contributed by atoms with Crippen LogP contribution in [0.2, 0.25) is 0 Å². The Bertz CT molecular complexity index is 7470. The van der Waals surface area contributed by atoms with Crippen molar-refractivity contribution in [1.82, 2.24) is 0 Å². The van der Waals surface area contributed by atoms with Crippen LogP contribution < -0.4 is 78.7 Å². The Hall–Kier alpha value is -16.7. The summed E-state index contributed by atoms with van der Waals surface area (Å²) in [5.74, 6) is 0. The first kappa shape index (κ1) is 90.8. The van der Waals surface area contributed by atoms with E-state index in [4.69, 9.17) is 0 Å². The monoisotopic (exact) mass is 1830 g/mol. The fourth-order valence-electron chi connectivity index (χ4n) is 21.0. The number of aryl methyl sites for hydroxylation is 3. The average Bonchev–Trinajstić information content (AvgIpc) is 0.754. The molecule has 0 fully saturated rings. The largest absolute Gasteiger partial charge is 0.416 e. The number of rotatable bonds is 10. The van der Waals surface area contributed by atoms with Crippen LogP contribution in [0.3, 0.4) is 0 Å². The molecule has 0 saturated carbocycles. The molecule has 0 aliphatic carbocycles. The zero-order valence-corrected chi connectivity index (χ0v) is 78.0. The summed E-state index contributed by atoms with van der Waals surface area (Å²) in [7, 11) is 0. The molecular formula is C125H94B5F6N5. The van der Waals surface area contributed by atoms with Gasteiger partial charge < -0.3 is 24.1 Å². The quantitative estimate of drug-likeness (QED) is 0.0999. The molecule has 16 heteroatoms. The van der Waals surface area contributed by atoms with E-state index in [1.54, 1.807) is 12.1 Å². The van der Waals surface area contributed by atoms with Crippen molar-refractivity contribution in [1.29, 1.82) is 0 Å². The van der Waals surface area contributed by atoms with Gasteiger partial charge in [-0.1, -0.05) is 457 Å². The molecule has 0 bridgehead atoms. The summed E-state index contributed by atoms with van der Waals surface area (Å²) in [5.41, 5.74) is 37.1. The van der Waals surface area contributed by atoms with Gasteiger partial charge in [0.1, 0.15) is 0 Å². The average molecular weight is 1830 g/mol. The highest BCUT2D eigenvalue weighted by Crippen LogP contribution is 2.47. The summed E-state index contributed by atoms with van der Waals surface area (Å²) < 4.78 is 80.8. The third-order valence-electron chi connectivity index (χ3n) is 27.3. The van der Waals surface area contributed by atoms with Gasteiger partial charge in [-0.2, -0.15) is 26.3 Å². The van der Waals surface area contributed by atoms with Crippen molar-refractivity contribution < 1.29 is 26.3 Å². The van der Waals surface area contributed by atoms with E-state index in [0.29, 0.717) is 11.2 Å². The van der Waals surface area contributed by atoms with E-state index in [9.17, 15) is 26.3 Å². The molecular weight excluding hydrogens is 1740 g/mol. The van der Waals surface area contributed by atoms with Crippen molar-refractivity contribution in [2.45, 2.75) is 33.1 Å². The normalized spacial score (nSPS) is 12.7. The standard InChI is InChI=1S/2C25H17BF3N.3C25H20BN/c27-25(28,29)18-9-8-10-19(17-18)26-23-15-6-4-13-21(23)22-14-5-7-16-24(22)30(26)20-11-2-1-3-12-20;27-25(28,29)18-9-8-12-20(17-18)30-24-16-7-5-14-22(24)21-13-4-6-15-23(21)26(30)19-10-2-1-3-11-19;1-19-11-5-8-16-23(19)26-24-17-9-6-14-21(24)22-15-7-10-18-25(22)27(26)20-12-3-2-4-13-20;1-19-15-17-20(18-16-19)26-24-13-7-5-11-22(24)23-12-6-8-14-25(23)27(26)21-9-3-2-4-10-21;1-19-15-17-21(18-16-19)27-25-14-8-6-12-23(25)22-11-5-7-13-24(22)26(27)20-9-3-2-4-10-20/h2*1-17H;3*2-18H,1H3. The summed E-state index contributed by atoms with van der Waals surface area (Å²) in [5, 5.41) is 0. The molecule has 5 heterocycles. The fourth-order valence-corrected chi connectivity index (χ4v) is 21.0. The smallest absolute Gasteiger partial charge is 0.376 e. The van der Waals surface area contributed by atoms with E-state index in [1.807, 2.05) is 144 Å². The molecule has 676 valence electrons. The van der Waals surface area contributed by atoms with E-state index in [1.165, 1.54) is 141 Å². The molecule has 0 unspecified atom stereocenters. The number of anilines is 10. The van der Waals surface area contributed by atoms with Crippen LogP contribution in [0.15, 0.2) is 516 Å². The molecule has 0 radical (unpaired) electrons. The van der Waals surface area contributed by atoms with E-state index >= 15 is 0 Å². The molecule has 0 spiro atoms. The molecule has 5 nitrogen and oxygen atoms in total. The van der Waals surface area contributed by atoms with Gasteiger partial charge in [-0.15, -0.1) is 0 Å². The third kappa shape index (κ3) is 18.1. The van der Waals surface area contributed by atoms with Crippen molar-refractivity contribution in [2.24, 2.45) is 0 Å². The fraction of sp³-hybridized carbons (Fsp3) is 0.0400. The van der Waals surface area contributed by atoms with Gasteiger partial charge in [0.25, 0.3) is 0 Å². The number of halogens is 6. The lowest BCUT2D eigenvalue weighted by Crippen LogP contribution is -2.58. The SMILES string of the molecule is Cc1ccc(B2c3ccccc3-c3ccccc3N2c2ccccc2)cc1.Cc1ccc(N2B(c3ccccc3)c3ccccc3-c3ccccc32)cc1.Cc1ccccc1B1c2ccccc2-c2ccccc2N1c1ccccc1.FC(F)(F)c1cccc(B2c3ccccc3-c3ccccc3N2c2ccccc2)c1.FC(F)(F)c1cccc(N2B(c3ccccc3)c3ccccc3-c3ccccc32)c1. The van der Waals surface area contributed by atoms with Gasteiger partial charge in [0.05, 0.1) is 11.1 Å². The van der Waals surface area contributed by atoms with Gasteiger partial charge in [0.2, 0.25) is 0 Å². The Morgan fingerprint density at radius 3 is 0.716 bits per heavy atom. The molecule has 0 saturated heterocycles. The van der Waals surface area contributed by atoms with E-state index in [2.05, 4.69) is 368 Å². The number of hydrogen-bond acceptors (Lipinski definition) is 5. The third-order valence-corrected chi connectivity index (χ3v) is 27.3. The topological polar surface area (TPSA) is 16.2 Å². The van der Waals surface area contributed by atoms with Gasteiger partial charge in [-0.3, -0.25) is 0 Å². The van der Waals surface area contributed by atoms with Crippen molar-refractivity contribution in [3.05, 3.63) is 543 Å². The molecule has 0 amide bonds. The van der Waals surface area contributed by atoms with Crippen LogP contribution in [0.25, 0.3) is 55.6 Å². The molecule has 0 aromatic heterocycles. The predicted octanol–water partition coefficient (Wildman–Crippen LogP) is 26.0. The maximum atomic E-state index is 13.5. The van der Waals surface area contributed by atoms with E-state index < -0.39 is 23.5 Å². The lowest BCUT2D eigenvalue weighted by Gasteiger charge is -2.39. The van der Waals surface area contributed by atoms with Gasteiger partial charge in [0.15, 0.2) is 0 Å². The first-order chi connectivity index (χ1) is 69.1. The molecule has 0 N–H and O–H groups in total. The predicted molar refractivity (Wildman–Crippen MR) is 584 cm³/mol. The number of para-hydroxylation sites is 8. The summed E-state index contributed by atoms with van der Waals surface area (Å²) >= 11 is 0. The highest BCUT2D eigenvalue weighted by Gasteiger charge is 2.44. The van der Waals surface area contributed by atoms with Crippen LogP contribution in [-0.2, 0) is 12.4 Å². The van der Waals surface area contributed by atoms with Crippen LogP contribution in [0.5, 0.6) is 0 Å². The first-order valence-corrected chi connectivity index (χ1v) is 47.7. The number of hydrogen-bond donors (Lipinski definition) is 0. The first-order valence-electron chi connectivity index (χ1n) is 47.7. The van der Waals surface area contributed by atoms with Gasteiger partial charge >= 0.3 is 46.6 Å². The van der Waals surface area contributed by atoms with Crippen LogP contribution in [0, 0.1) is 20.8 Å². The lowest BCUT2D eigenvalue weighted by atomic mass is 9.45. The second-order valence-corrected chi connectivity index (χ2v) is 36.0. The summed E-state index contributed by atoms with van der Waals surface area (Å²) in [4.78, 5) is 11.6. The summed E-state index contributed by atoms with van der Waals surface area (Å²) in [6, 6.07) is 174. The second kappa shape index (κ2) is 39.8. The van der Waals surface area contributed by atoms with Crippen LogP contribution in [-0.4, -0.2) is 34.2 Å². The summed E-state index contributed by atoms with van der Waals surface area (Å²) in [6.07, 6.45) is -8.79.